The van der Waals surface area contributed by atoms with Gasteiger partial charge in [-0.1, -0.05) is 33.8 Å². The molecule has 1 aliphatic rings. The lowest BCUT2D eigenvalue weighted by atomic mass is 10.0. The summed E-state index contributed by atoms with van der Waals surface area (Å²) in [4.78, 5) is 0. The van der Waals surface area contributed by atoms with Gasteiger partial charge in [-0.15, -0.1) is 0 Å². The number of nitrogens with zero attached hydrogens (tertiary/aromatic N) is 2. The van der Waals surface area contributed by atoms with Crippen molar-refractivity contribution in [2.24, 2.45) is 16.7 Å². The Morgan fingerprint density at radius 1 is 1.21 bits per heavy atom. The Balaban J connectivity index is 1.62. The monoisotopic (exact) mass is 257 g/mol. The van der Waals surface area contributed by atoms with Crippen molar-refractivity contribution < 1.29 is 0 Å². The van der Waals surface area contributed by atoms with Crippen molar-refractivity contribution >= 4 is 5.52 Å². The van der Waals surface area contributed by atoms with Gasteiger partial charge in [-0.3, -0.25) is 0 Å². The van der Waals surface area contributed by atoms with E-state index < -0.39 is 0 Å². The first-order valence-electron chi connectivity index (χ1n) is 7.06. The maximum absolute atomic E-state index is 4.37. The molecule has 0 atom stereocenters. The van der Waals surface area contributed by atoms with Crippen molar-refractivity contribution in [1.82, 2.24) is 14.9 Å². The summed E-state index contributed by atoms with van der Waals surface area (Å²) in [6, 6.07) is 6.19. The molecule has 0 saturated heterocycles. The third-order valence-corrected chi connectivity index (χ3v) is 5.49. The number of aromatic nitrogens is 2. The SMILES string of the molecule is CC1(C)C(CNCc2cnn3ccccc23)C1(C)C. The summed E-state index contributed by atoms with van der Waals surface area (Å²) >= 11 is 0. The summed E-state index contributed by atoms with van der Waals surface area (Å²) in [5.74, 6) is 0.766. The number of pyridine rings is 1. The van der Waals surface area contributed by atoms with Gasteiger partial charge in [0.05, 0.1) is 11.7 Å². The number of fused-ring (bicyclic) bond motifs is 1. The summed E-state index contributed by atoms with van der Waals surface area (Å²) < 4.78 is 1.93. The molecule has 102 valence electrons. The maximum atomic E-state index is 4.37. The van der Waals surface area contributed by atoms with Crippen LogP contribution in [0.5, 0.6) is 0 Å². The van der Waals surface area contributed by atoms with Crippen LogP contribution >= 0.6 is 0 Å². The second-order valence-corrected chi connectivity index (χ2v) is 6.83. The fourth-order valence-electron chi connectivity index (χ4n) is 3.32. The van der Waals surface area contributed by atoms with E-state index in [9.17, 15) is 0 Å². The van der Waals surface area contributed by atoms with E-state index in [4.69, 9.17) is 0 Å². The summed E-state index contributed by atoms with van der Waals surface area (Å²) in [7, 11) is 0. The van der Waals surface area contributed by atoms with E-state index in [-0.39, 0.29) is 0 Å². The van der Waals surface area contributed by atoms with Crippen molar-refractivity contribution in [2.45, 2.75) is 34.2 Å². The average Bonchev–Trinajstić information content (AvgIpc) is 2.68. The van der Waals surface area contributed by atoms with Gasteiger partial charge < -0.3 is 5.32 Å². The van der Waals surface area contributed by atoms with Gasteiger partial charge in [0.2, 0.25) is 0 Å². The van der Waals surface area contributed by atoms with Gasteiger partial charge in [-0.25, -0.2) is 4.52 Å². The number of hydrogen-bond donors (Lipinski definition) is 1. The molecule has 0 bridgehead atoms. The fourth-order valence-corrected chi connectivity index (χ4v) is 3.32. The zero-order chi connectivity index (χ0) is 13.7. The standard InChI is InChI=1S/C16H23N3/c1-15(2)14(16(15,3)4)11-17-9-12-10-18-19-8-6-5-7-13(12)19/h5-8,10,14,17H,9,11H2,1-4H3. The summed E-state index contributed by atoms with van der Waals surface area (Å²) in [6.45, 7) is 11.5. The normalized spacial score (nSPS) is 20.8. The van der Waals surface area contributed by atoms with Crippen LogP contribution in [0.2, 0.25) is 0 Å². The number of rotatable bonds is 4. The van der Waals surface area contributed by atoms with Crippen LogP contribution in [0, 0.1) is 16.7 Å². The smallest absolute Gasteiger partial charge is 0.0706 e. The van der Waals surface area contributed by atoms with Gasteiger partial charge in [0, 0.05) is 18.3 Å². The molecule has 2 aromatic heterocycles. The zero-order valence-corrected chi connectivity index (χ0v) is 12.3. The zero-order valence-electron chi connectivity index (χ0n) is 12.3. The van der Waals surface area contributed by atoms with Crippen LogP contribution in [-0.2, 0) is 6.54 Å². The lowest BCUT2D eigenvalue weighted by molar-refractivity contribution is 0.457. The highest BCUT2D eigenvalue weighted by Crippen LogP contribution is 2.67. The molecular weight excluding hydrogens is 234 g/mol. The van der Waals surface area contributed by atoms with Crippen molar-refractivity contribution in [3.63, 3.8) is 0 Å². The predicted molar refractivity (Wildman–Crippen MR) is 78.0 cm³/mol. The lowest BCUT2D eigenvalue weighted by Crippen LogP contribution is -2.18. The molecule has 0 unspecified atom stereocenters. The summed E-state index contributed by atoms with van der Waals surface area (Å²) in [5.41, 5.74) is 3.39. The first kappa shape index (κ1) is 12.7. The molecule has 1 fully saturated rings. The summed E-state index contributed by atoms with van der Waals surface area (Å²) in [5, 5.41) is 7.97. The highest BCUT2D eigenvalue weighted by atomic mass is 15.2. The molecule has 0 spiro atoms. The van der Waals surface area contributed by atoms with Gasteiger partial charge in [0.1, 0.15) is 0 Å². The summed E-state index contributed by atoms with van der Waals surface area (Å²) in [6.07, 6.45) is 3.96. The Morgan fingerprint density at radius 3 is 2.63 bits per heavy atom. The minimum absolute atomic E-state index is 0.459. The molecular formula is C16H23N3. The van der Waals surface area contributed by atoms with Crippen molar-refractivity contribution in [3.05, 3.63) is 36.2 Å². The Hall–Kier alpha value is -1.35. The second kappa shape index (κ2) is 4.07. The molecule has 1 N–H and O–H groups in total. The van der Waals surface area contributed by atoms with E-state index in [0.29, 0.717) is 10.8 Å². The average molecular weight is 257 g/mol. The highest BCUT2D eigenvalue weighted by Gasteiger charge is 2.63. The highest BCUT2D eigenvalue weighted by molar-refractivity contribution is 5.53. The predicted octanol–water partition coefficient (Wildman–Crippen LogP) is 3.11. The third kappa shape index (κ3) is 1.88. The van der Waals surface area contributed by atoms with Gasteiger partial charge >= 0.3 is 0 Å². The van der Waals surface area contributed by atoms with Crippen molar-refractivity contribution in [1.29, 1.82) is 0 Å². The van der Waals surface area contributed by atoms with Crippen LogP contribution < -0.4 is 5.32 Å². The number of nitrogens with one attached hydrogen (secondary N) is 1. The van der Waals surface area contributed by atoms with E-state index in [1.165, 1.54) is 11.1 Å². The first-order chi connectivity index (χ1) is 8.94. The van der Waals surface area contributed by atoms with Crippen LogP contribution in [0.3, 0.4) is 0 Å². The molecule has 19 heavy (non-hydrogen) atoms. The van der Waals surface area contributed by atoms with E-state index in [0.717, 1.165) is 19.0 Å². The molecule has 1 aliphatic carbocycles. The minimum Gasteiger partial charge on any atom is -0.312 e. The molecule has 2 aromatic rings. The Morgan fingerprint density at radius 2 is 1.95 bits per heavy atom. The Bertz CT molecular complexity index is 581. The maximum Gasteiger partial charge on any atom is 0.0706 e. The largest absolute Gasteiger partial charge is 0.312 e. The minimum atomic E-state index is 0.459. The lowest BCUT2D eigenvalue weighted by Gasteiger charge is -2.05. The van der Waals surface area contributed by atoms with Gasteiger partial charge in [0.15, 0.2) is 0 Å². The molecule has 3 nitrogen and oxygen atoms in total. The Kier molecular flexibility index (Phi) is 2.72. The molecule has 0 aliphatic heterocycles. The van der Waals surface area contributed by atoms with E-state index in [2.05, 4.69) is 50.2 Å². The molecule has 1 saturated carbocycles. The third-order valence-electron chi connectivity index (χ3n) is 5.49. The molecule has 0 aromatic carbocycles. The Labute approximate surface area is 115 Å². The molecule has 3 heteroatoms. The topological polar surface area (TPSA) is 29.3 Å². The van der Waals surface area contributed by atoms with Crippen molar-refractivity contribution in [3.8, 4) is 0 Å². The van der Waals surface area contributed by atoms with Crippen LogP contribution in [0.15, 0.2) is 30.6 Å². The molecule has 2 heterocycles. The fraction of sp³-hybridized carbons (Fsp3) is 0.562. The quantitative estimate of drug-likeness (QED) is 0.912. The molecule has 0 amide bonds. The van der Waals surface area contributed by atoms with Gasteiger partial charge in [-0.2, -0.15) is 5.10 Å². The number of hydrogen-bond acceptors (Lipinski definition) is 2. The van der Waals surface area contributed by atoms with Crippen LogP contribution in [0.1, 0.15) is 33.3 Å². The van der Waals surface area contributed by atoms with Crippen LogP contribution in [-0.4, -0.2) is 16.2 Å². The first-order valence-corrected chi connectivity index (χ1v) is 7.06. The van der Waals surface area contributed by atoms with E-state index in [1.54, 1.807) is 0 Å². The van der Waals surface area contributed by atoms with E-state index in [1.807, 2.05) is 23.0 Å². The van der Waals surface area contributed by atoms with Crippen LogP contribution in [0.25, 0.3) is 5.52 Å². The molecule has 0 radical (unpaired) electrons. The molecule has 3 rings (SSSR count). The second-order valence-electron chi connectivity index (χ2n) is 6.83. The van der Waals surface area contributed by atoms with Crippen molar-refractivity contribution in [2.75, 3.05) is 6.54 Å². The van der Waals surface area contributed by atoms with Gasteiger partial charge in [-0.05, 0) is 35.4 Å². The van der Waals surface area contributed by atoms with Crippen LogP contribution in [0.4, 0.5) is 0 Å². The van der Waals surface area contributed by atoms with E-state index >= 15 is 0 Å². The van der Waals surface area contributed by atoms with Gasteiger partial charge in [0.25, 0.3) is 0 Å².